The maximum absolute atomic E-state index is 2.39. The SMILES string of the molecule is Cc1ccc2c(-c3ccc(-c4ccccc4)cc3)c3ccccc3c(-c3ccc4c(c3)N(C)c3ccccc3S4)c2c1. The second-order valence-corrected chi connectivity index (χ2v) is 12.2. The summed E-state index contributed by atoms with van der Waals surface area (Å²) in [6.07, 6.45) is 0. The van der Waals surface area contributed by atoms with Crippen molar-refractivity contribution in [3.63, 3.8) is 0 Å². The van der Waals surface area contributed by atoms with Crippen LogP contribution in [0, 0.1) is 6.92 Å². The topological polar surface area (TPSA) is 3.24 Å². The van der Waals surface area contributed by atoms with Gasteiger partial charge in [0.25, 0.3) is 0 Å². The summed E-state index contributed by atoms with van der Waals surface area (Å²) < 4.78 is 0. The average Bonchev–Trinajstić information content (AvgIpc) is 3.04. The van der Waals surface area contributed by atoms with Crippen LogP contribution in [-0.4, -0.2) is 7.05 Å². The summed E-state index contributed by atoms with van der Waals surface area (Å²) in [5.74, 6) is 0. The van der Waals surface area contributed by atoms with Crippen LogP contribution in [0.1, 0.15) is 5.56 Å². The smallest absolute Gasteiger partial charge is 0.0556 e. The van der Waals surface area contributed by atoms with E-state index in [-0.39, 0.29) is 0 Å². The number of hydrogen-bond acceptors (Lipinski definition) is 2. The summed E-state index contributed by atoms with van der Waals surface area (Å²) in [5, 5.41) is 5.14. The van der Waals surface area contributed by atoms with Crippen LogP contribution in [0.4, 0.5) is 11.4 Å². The van der Waals surface area contributed by atoms with Crippen molar-refractivity contribution in [2.45, 2.75) is 16.7 Å². The van der Waals surface area contributed by atoms with Gasteiger partial charge in [0.2, 0.25) is 0 Å². The number of fused-ring (bicyclic) bond motifs is 4. The van der Waals surface area contributed by atoms with E-state index in [0.717, 1.165) is 0 Å². The van der Waals surface area contributed by atoms with Crippen LogP contribution < -0.4 is 4.90 Å². The van der Waals surface area contributed by atoms with E-state index in [2.05, 4.69) is 158 Å². The van der Waals surface area contributed by atoms with E-state index in [1.807, 2.05) is 11.8 Å². The zero-order valence-corrected chi connectivity index (χ0v) is 24.5. The number of para-hydroxylation sites is 1. The minimum Gasteiger partial charge on any atom is -0.343 e. The summed E-state index contributed by atoms with van der Waals surface area (Å²) in [7, 11) is 2.18. The summed E-state index contributed by atoms with van der Waals surface area (Å²) in [5.41, 5.74) is 11.3. The molecule has 0 aromatic heterocycles. The van der Waals surface area contributed by atoms with Gasteiger partial charge in [-0.1, -0.05) is 133 Å². The van der Waals surface area contributed by atoms with Crippen molar-refractivity contribution in [3.8, 4) is 33.4 Å². The van der Waals surface area contributed by atoms with E-state index in [9.17, 15) is 0 Å². The molecule has 0 saturated heterocycles. The highest BCUT2D eigenvalue weighted by molar-refractivity contribution is 7.99. The average molecular weight is 556 g/mol. The second-order valence-electron chi connectivity index (χ2n) is 11.1. The molecule has 0 N–H and O–H groups in total. The molecule has 200 valence electrons. The Bertz CT molecular complexity index is 2130. The first kappa shape index (κ1) is 25.0. The second kappa shape index (κ2) is 9.94. The lowest BCUT2D eigenvalue weighted by atomic mass is 9.85. The minimum absolute atomic E-state index is 1.23. The van der Waals surface area contributed by atoms with Gasteiger partial charge in [-0.05, 0) is 86.1 Å². The first-order chi connectivity index (χ1) is 20.7. The standard InChI is InChI=1S/C40H29NS/c1-26-16-22-33-34(24-26)40(30-21-23-38-36(25-30)41(2)35-14-8-9-15-37(35)42-38)32-13-7-6-12-31(32)39(33)29-19-17-28(18-20-29)27-10-4-3-5-11-27/h3-25H,1-2H3. The largest absolute Gasteiger partial charge is 0.343 e. The lowest BCUT2D eigenvalue weighted by Gasteiger charge is -2.30. The Morgan fingerprint density at radius 2 is 1.00 bits per heavy atom. The predicted molar refractivity (Wildman–Crippen MR) is 181 cm³/mol. The fourth-order valence-electron chi connectivity index (χ4n) is 6.46. The number of rotatable bonds is 3. The number of anilines is 2. The Morgan fingerprint density at radius 3 is 1.79 bits per heavy atom. The van der Waals surface area contributed by atoms with E-state index >= 15 is 0 Å². The normalized spacial score (nSPS) is 12.4. The molecule has 0 atom stereocenters. The van der Waals surface area contributed by atoms with Crippen molar-refractivity contribution in [2.75, 3.05) is 11.9 Å². The molecular formula is C40H29NS. The third kappa shape index (κ3) is 4.02. The van der Waals surface area contributed by atoms with Gasteiger partial charge >= 0.3 is 0 Å². The molecule has 0 unspecified atom stereocenters. The summed E-state index contributed by atoms with van der Waals surface area (Å²) in [6, 6.07) is 51.2. The molecule has 0 saturated carbocycles. The summed E-state index contributed by atoms with van der Waals surface area (Å²) in [4.78, 5) is 4.93. The summed E-state index contributed by atoms with van der Waals surface area (Å²) in [6.45, 7) is 2.20. The monoisotopic (exact) mass is 555 g/mol. The Kier molecular flexibility index (Phi) is 5.91. The lowest BCUT2D eigenvalue weighted by Crippen LogP contribution is -2.14. The Balaban J connectivity index is 1.36. The third-order valence-corrected chi connectivity index (χ3v) is 9.65. The molecule has 1 heterocycles. The number of nitrogens with zero attached hydrogens (tertiary/aromatic N) is 1. The fraction of sp³-hybridized carbons (Fsp3) is 0.0500. The fourth-order valence-corrected chi connectivity index (χ4v) is 7.59. The third-order valence-electron chi connectivity index (χ3n) is 8.52. The molecule has 7 aromatic rings. The number of aryl methyl sites for hydroxylation is 1. The van der Waals surface area contributed by atoms with Gasteiger partial charge in [-0.15, -0.1) is 0 Å². The lowest BCUT2D eigenvalue weighted by molar-refractivity contribution is 1.11. The number of hydrogen-bond donors (Lipinski definition) is 0. The molecule has 1 nitrogen and oxygen atoms in total. The highest BCUT2D eigenvalue weighted by atomic mass is 32.2. The predicted octanol–water partition coefficient (Wildman–Crippen LogP) is 11.5. The van der Waals surface area contributed by atoms with Gasteiger partial charge in [-0.3, -0.25) is 0 Å². The van der Waals surface area contributed by atoms with Crippen LogP contribution in [0.15, 0.2) is 149 Å². The van der Waals surface area contributed by atoms with Crippen LogP contribution in [-0.2, 0) is 0 Å². The molecule has 42 heavy (non-hydrogen) atoms. The molecule has 0 fully saturated rings. The van der Waals surface area contributed by atoms with Gasteiger partial charge < -0.3 is 4.90 Å². The van der Waals surface area contributed by atoms with E-state index in [4.69, 9.17) is 0 Å². The van der Waals surface area contributed by atoms with Gasteiger partial charge in [-0.25, -0.2) is 0 Å². The van der Waals surface area contributed by atoms with Crippen molar-refractivity contribution < 1.29 is 0 Å². The Hall–Kier alpha value is -4.79. The minimum atomic E-state index is 1.23. The van der Waals surface area contributed by atoms with Crippen molar-refractivity contribution in [2.24, 2.45) is 0 Å². The molecule has 0 aliphatic carbocycles. The van der Waals surface area contributed by atoms with Crippen molar-refractivity contribution in [1.82, 2.24) is 0 Å². The van der Waals surface area contributed by atoms with Crippen molar-refractivity contribution in [1.29, 1.82) is 0 Å². The molecule has 7 aromatic carbocycles. The Labute approximate surface area is 251 Å². The van der Waals surface area contributed by atoms with Gasteiger partial charge in [0.1, 0.15) is 0 Å². The molecule has 0 amide bonds. The van der Waals surface area contributed by atoms with Crippen LogP contribution >= 0.6 is 11.8 Å². The van der Waals surface area contributed by atoms with Crippen LogP contribution in [0.2, 0.25) is 0 Å². The van der Waals surface area contributed by atoms with Crippen LogP contribution in [0.3, 0.4) is 0 Å². The Morgan fingerprint density at radius 1 is 0.429 bits per heavy atom. The zero-order valence-electron chi connectivity index (χ0n) is 23.6. The van der Waals surface area contributed by atoms with Crippen LogP contribution in [0.25, 0.3) is 54.9 Å². The van der Waals surface area contributed by atoms with Crippen molar-refractivity contribution in [3.05, 3.63) is 145 Å². The molecular weight excluding hydrogens is 527 g/mol. The van der Waals surface area contributed by atoms with Crippen molar-refractivity contribution >= 4 is 44.7 Å². The molecule has 1 aliphatic rings. The molecule has 8 rings (SSSR count). The first-order valence-electron chi connectivity index (χ1n) is 14.4. The molecule has 0 spiro atoms. The molecule has 2 heteroatoms. The first-order valence-corrected chi connectivity index (χ1v) is 15.2. The van der Waals surface area contributed by atoms with Gasteiger partial charge in [0, 0.05) is 16.8 Å². The quantitative estimate of drug-likeness (QED) is 0.200. The molecule has 0 radical (unpaired) electrons. The maximum atomic E-state index is 2.39. The maximum Gasteiger partial charge on any atom is 0.0556 e. The van der Waals surface area contributed by atoms with Gasteiger partial charge in [-0.2, -0.15) is 0 Å². The van der Waals surface area contributed by atoms with Gasteiger partial charge in [0.05, 0.1) is 11.4 Å². The highest BCUT2D eigenvalue weighted by Crippen LogP contribution is 2.50. The zero-order chi connectivity index (χ0) is 28.2. The molecule has 1 aliphatic heterocycles. The van der Waals surface area contributed by atoms with E-state index in [0.29, 0.717) is 0 Å². The van der Waals surface area contributed by atoms with E-state index in [1.165, 1.54) is 81.7 Å². The summed E-state index contributed by atoms with van der Waals surface area (Å²) >= 11 is 1.86. The highest BCUT2D eigenvalue weighted by Gasteiger charge is 2.23. The van der Waals surface area contributed by atoms with Crippen LogP contribution in [0.5, 0.6) is 0 Å². The van der Waals surface area contributed by atoms with E-state index in [1.54, 1.807) is 0 Å². The van der Waals surface area contributed by atoms with Gasteiger partial charge in [0.15, 0.2) is 0 Å². The van der Waals surface area contributed by atoms with E-state index < -0.39 is 0 Å². The molecule has 0 bridgehead atoms. The number of benzene rings is 7.